The van der Waals surface area contributed by atoms with Crippen molar-refractivity contribution >= 4 is 23.0 Å². The summed E-state index contributed by atoms with van der Waals surface area (Å²) in [5, 5.41) is 18.4. The Balaban J connectivity index is 1.65. The molecule has 0 radical (unpaired) electrons. The van der Waals surface area contributed by atoms with Gasteiger partial charge in [-0.05, 0) is 37.5 Å². The van der Waals surface area contributed by atoms with Crippen LogP contribution in [0.5, 0.6) is 11.6 Å². The minimum atomic E-state index is 0.123. The number of aliphatic hydroxyl groups excluding tert-OH is 1. The number of aromatic nitrogens is 4. The molecule has 9 nitrogen and oxygen atoms in total. The van der Waals surface area contributed by atoms with Gasteiger partial charge in [0.1, 0.15) is 5.82 Å². The second kappa shape index (κ2) is 9.11. The van der Waals surface area contributed by atoms with Gasteiger partial charge >= 0.3 is 0 Å². The molecule has 0 spiro atoms. The lowest BCUT2D eigenvalue weighted by Gasteiger charge is -2.33. The molecule has 0 amide bonds. The Labute approximate surface area is 181 Å². The van der Waals surface area contributed by atoms with E-state index in [1.807, 2.05) is 31.3 Å². The van der Waals surface area contributed by atoms with E-state index in [2.05, 4.69) is 20.2 Å². The van der Waals surface area contributed by atoms with E-state index in [0.29, 0.717) is 28.9 Å². The van der Waals surface area contributed by atoms with E-state index in [1.165, 1.54) is 0 Å². The van der Waals surface area contributed by atoms with Crippen molar-refractivity contribution in [1.29, 1.82) is 0 Å². The molecule has 2 N–H and O–H groups in total. The molecule has 4 heterocycles. The van der Waals surface area contributed by atoms with Crippen LogP contribution < -0.4 is 19.7 Å². The number of aliphatic hydroxyl groups is 1. The fraction of sp³-hybridized carbons (Fsp3) is 0.409. The Morgan fingerprint density at radius 1 is 1.32 bits per heavy atom. The van der Waals surface area contributed by atoms with Gasteiger partial charge in [-0.2, -0.15) is 4.98 Å². The average Bonchev–Trinajstić information content (AvgIpc) is 3.28. The predicted octanol–water partition coefficient (Wildman–Crippen LogP) is 3.95. The van der Waals surface area contributed by atoms with Crippen LogP contribution in [0.3, 0.4) is 0 Å². The molecule has 31 heavy (non-hydrogen) atoms. The van der Waals surface area contributed by atoms with Crippen LogP contribution in [-0.4, -0.2) is 52.0 Å². The molecular weight excluding hydrogens is 396 g/mol. The first kappa shape index (κ1) is 20.8. The molecule has 1 aliphatic heterocycles. The molecule has 1 saturated heterocycles. The van der Waals surface area contributed by atoms with Crippen LogP contribution in [0, 0.1) is 5.92 Å². The molecule has 1 atom stereocenters. The highest BCUT2D eigenvalue weighted by Gasteiger charge is 2.25. The van der Waals surface area contributed by atoms with Gasteiger partial charge < -0.3 is 24.8 Å². The molecule has 0 bridgehead atoms. The zero-order valence-corrected chi connectivity index (χ0v) is 18.1. The van der Waals surface area contributed by atoms with E-state index < -0.39 is 0 Å². The van der Waals surface area contributed by atoms with Gasteiger partial charge in [0.15, 0.2) is 17.2 Å². The first-order valence-corrected chi connectivity index (χ1v) is 10.5. The van der Waals surface area contributed by atoms with Crippen molar-refractivity contribution in [2.24, 2.45) is 5.92 Å². The molecule has 3 aromatic rings. The average molecular weight is 425 g/mol. The second-order valence-electron chi connectivity index (χ2n) is 7.47. The lowest BCUT2D eigenvalue weighted by Crippen LogP contribution is -2.37. The van der Waals surface area contributed by atoms with Crippen molar-refractivity contribution in [2.45, 2.75) is 26.2 Å². The van der Waals surface area contributed by atoms with Gasteiger partial charge in [-0.25, -0.2) is 9.50 Å². The fourth-order valence-corrected chi connectivity index (χ4v) is 3.89. The van der Waals surface area contributed by atoms with Crippen molar-refractivity contribution in [1.82, 2.24) is 19.6 Å². The number of imidazole rings is 1. The lowest BCUT2D eigenvalue weighted by molar-refractivity contribution is 0.298. The highest BCUT2D eigenvalue weighted by molar-refractivity contribution is 5.75. The minimum Gasteiger partial charge on any atom is -0.512 e. The van der Waals surface area contributed by atoms with Gasteiger partial charge in [0.05, 0.1) is 25.7 Å². The topological polar surface area (TPSA) is 97.0 Å². The van der Waals surface area contributed by atoms with Crippen LogP contribution in [0.1, 0.15) is 26.2 Å². The van der Waals surface area contributed by atoms with E-state index in [9.17, 15) is 5.11 Å². The second-order valence-corrected chi connectivity index (χ2v) is 7.47. The number of hydrogen-bond donors (Lipinski definition) is 2. The number of nitrogens with zero attached hydrogens (tertiary/aromatic N) is 5. The number of allylic oxidation sites excluding steroid dienone is 1. The van der Waals surface area contributed by atoms with Crippen molar-refractivity contribution in [3.05, 3.63) is 42.4 Å². The monoisotopic (exact) mass is 424 g/mol. The summed E-state index contributed by atoms with van der Waals surface area (Å²) in [6.07, 6.45) is 8.24. The van der Waals surface area contributed by atoms with Crippen LogP contribution in [0.4, 0.5) is 17.3 Å². The lowest BCUT2D eigenvalue weighted by atomic mass is 9.95. The van der Waals surface area contributed by atoms with Gasteiger partial charge in [-0.3, -0.25) is 0 Å². The Bertz CT molecular complexity index is 1080. The number of rotatable bonds is 7. The van der Waals surface area contributed by atoms with Crippen LogP contribution in [0.2, 0.25) is 0 Å². The number of hydrogen-bond acceptors (Lipinski definition) is 8. The van der Waals surface area contributed by atoms with Crippen LogP contribution >= 0.6 is 0 Å². The molecule has 1 aliphatic rings. The Hall–Kier alpha value is -3.49. The SMILES string of the molecule is CC/C=C(/O)C1CCCN(c2cc(Nc3ccc(OC)c(OC)n3)c3nccn3n2)C1. The van der Waals surface area contributed by atoms with Crippen LogP contribution in [-0.2, 0) is 0 Å². The van der Waals surface area contributed by atoms with E-state index in [0.717, 1.165) is 43.9 Å². The third kappa shape index (κ3) is 4.35. The van der Waals surface area contributed by atoms with E-state index in [-0.39, 0.29) is 5.92 Å². The van der Waals surface area contributed by atoms with Gasteiger partial charge in [0.2, 0.25) is 0 Å². The third-order valence-electron chi connectivity index (χ3n) is 5.42. The fourth-order valence-electron chi connectivity index (χ4n) is 3.89. The van der Waals surface area contributed by atoms with Crippen LogP contribution in [0.15, 0.2) is 42.4 Å². The number of piperidine rings is 1. The predicted molar refractivity (Wildman–Crippen MR) is 120 cm³/mol. The number of nitrogens with one attached hydrogen (secondary N) is 1. The smallest absolute Gasteiger partial charge is 0.258 e. The summed E-state index contributed by atoms with van der Waals surface area (Å²) in [7, 11) is 3.14. The molecule has 9 heteroatoms. The van der Waals surface area contributed by atoms with Crippen LogP contribution in [0.25, 0.3) is 5.65 Å². The molecule has 0 saturated carbocycles. The Morgan fingerprint density at radius 3 is 2.97 bits per heavy atom. The van der Waals surface area contributed by atoms with Crippen molar-refractivity contribution in [2.75, 3.05) is 37.5 Å². The zero-order chi connectivity index (χ0) is 21.8. The van der Waals surface area contributed by atoms with Crippen molar-refractivity contribution in [3.63, 3.8) is 0 Å². The molecule has 0 aromatic carbocycles. The Kier molecular flexibility index (Phi) is 6.11. The molecule has 1 fully saturated rings. The summed E-state index contributed by atoms with van der Waals surface area (Å²) in [4.78, 5) is 11.1. The summed E-state index contributed by atoms with van der Waals surface area (Å²) in [5.74, 6) is 3.00. The molecule has 0 aliphatic carbocycles. The summed E-state index contributed by atoms with van der Waals surface area (Å²) >= 11 is 0. The van der Waals surface area contributed by atoms with Gasteiger partial charge in [-0.15, -0.1) is 5.10 Å². The van der Waals surface area contributed by atoms with Crippen molar-refractivity contribution < 1.29 is 14.6 Å². The maximum atomic E-state index is 10.4. The quantitative estimate of drug-likeness (QED) is 0.550. The van der Waals surface area contributed by atoms with E-state index >= 15 is 0 Å². The number of fused-ring (bicyclic) bond motifs is 1. The maximum Gasteiger partial charge on any atom is 0.258 e. The van der Waals surface area contributed by atoms with E-state index in [1.54, 1.807) is 31.0 Å². The molecule has 3 aromatic heterocycles. The molecule has 1 unspecified atom stereocenters. The molecular formula is C22H28N6O3. The van der Waals surface area contributed by atoms with Gasteiger partial charge in [0.25, 0.3) is 5.88 Å². The largest absolute Gasteiger partial charge is 0.512 e. The molecule has 164 valence electrons. The summed E-state index contributed by atoms with van der Waals surface area (Å²) in [6.45, 7) is 3.65. The summed E-state index contributed by atoms with van der Waals surface area (Å²) in [6, 6.07) is 5.60. The number of ether oxygens (including phenoxy) is 2. The molecule has 4 rings (SSSR count). The number of methoxy groups -OCH3 is 2. The standard InChI is InChI=1S/C22H28N6O3/c1-4-6-17(29)15-7-5-11-27(14-15)20-13-16(21-23-10-12-28(21)26-20)24-19-9-8-18(30-2)22(25-19)31-3/h6,8-10,12-13,15,29H,4-5,7,11,14H2,1-3H3,(H,24,25)/b17-6+. The minimum absolute atomic E-state index is 0.123. The highest BCUT2D eigenvalue weighted by Crippen LogP contribution is 2.31. The van der Waals surface area contributed by atoms with E-state index in [4.69, 9.17) is 14.6 Å². The summed E-state index contributed by atoms with van der Waals surface area (Å²) < 4.78 is 12.3. The number of anilines is 3. The third-order valence-corrected chi connectivity index (χ3v) is 5.42. The van der Waals surface area contributed by atoms with Crippen molar-refractivity contribution in [3.8, 4) is 11.6 Å². The van der Waals surface area contributed by atoms with Gasteiger partial charge in [0, 0.05) is 37.5 Å². The number of pyridine rings is 1. The Morgan fingerprint density at radius 2 is 2.19 bits per heavy atom. The zero-order valence-electron chi connectivity index (χ0n) is 18.1. The first-order valence-electron chi connectivity index (χ1n) is 10.5. The van der Waals surface area contributed by atoms with Gasteiger partial charge in [-0.1, -0.05) is 6.92 Å². The maximum absolute atomic E-state index is 10.4. The first-order chi connectivity index (χ1) is 15.1. The normalized spacial score (nSPS) is 17.1. The highest BCUT2D eigenvalue weighted by atomic mass is 16.5. The summed E-state index contributed by atoms with van der Waals surface area (Å²) in [5.41, 5.74) is 1.48.